The number of benzene rings is 1. The molecule has 1 amide bonds. The van der Waals surface area contributed by atoms with Crippen LogP contribution in [0.1, 0.15) is 60.3 Å². The molecule has 1 aromatic carbocycles. The minimum absolute atomic E-state index is 0.0798. The molecule has 24 heavy (non-hydrogen) atoms. The van der Waals surface area contributed by atoms with E-state index in [0.29, 0.717) is 23.6 Å². The van der Waals surface area contributed by atoms with Crippen molar-refractivity contribution in [2.75, 3.05) is 11.9 Å². The van der Waals surface area contributed by atoms with Crippen molar-refractivity contribution in [1.29, 1.82) is 0 Å². The number of hydrogen-bond donors (Lipinski definition) is 1. The lowest BCUT2D eigenvalue weighted by molar-refractivity contribution is -0.116. The second-order valence-electron chi connectivity index (χ2n) is 5.54. The van der Waals surface area contributed by atoms with E-state index in [-0.39, 0.29) is 11.8 Å². The van der Waals surface area contributed by atoms with E-state index in [4.69, 9.17) is 4.74 Å². The average Bonchev–Trinajstić information content (AvgIpc) is 2.99. The van der Waals surface area contributed by atoms with E-state index < -0.39 is 5.97 Å². The summed E-state index contributed by atoms with van der Waals surface area (Å²) in [6.07, 6.45) is 1.20. The molecule has 1 N–H and O–H groups in total. The van der Waals surface area contributed by atoms with Crippen molar-refractivity contribution >= 4 is 28.2 Å². The minimum atomic E-state index is -0.396. The van der Waals surface area contributed by atoms with Gasteiger partial charge in [-0.1, -0.05) is 44.2 Å². The van der Waals surface area contributed by atoms with Gasteiger partial charge in [0, 0.05) is 17.2 Å². The van der Waals surface area contributed by atoms with Crippen LogP contribution in [0.5, 0.6) is 0 Å². The number of anilines is 1. The topological polar surface area (TPSA) is 55.4 Å². The zero-order valence-corrected chi connectivity index (χ0v) is 15.1. The highest BCUT2D eigenvalue weighted by Gasteiger charge is 2.21. The molecule has 0 bridgehead atoms. The van der Waals surface area contributed by atoms with Crippen molar-refractivity contribution in [2.24, 2.45) is 0 Å². The lowest BCUT2D eigenvalue weighted by Gasteiger charge is -2.09. The van der Waals surface area contributed by atoms with Crippen LogP contribution in [0.25, 0.3) is 0 Å². The number of carbonyl (C=O) groups excluding carboxylic acids is 2. The van der Waals surface area contributed by atoms with Gasteiger partial charge in [-0.3, -0.25) is 4.79 Å². The van der Waals surface area contributed by atoms with Gasteiger partial charge in [0.25, 0.3) is 0 Å². The van der Waals surface area contributed by atoms with Crippen LogP contribution < -0.4 is 5.32 Å². The largest absolute Gasteiger partial charge is 0.462 e. The van der Waals surface area contributed by atoms with Crippen LogP contribution >= 0.6 is 11.3 Å². The summed E-state index contributed by atoms with van der Waals surface area (Å²) in [6, 6.07) is 11.9. The predicted octanol–water partition coefficient (Wildman–Crippen LogP) is 4.82. The zero-order valence-electron chi connectivity index (χ0n) is 14.3. The third kappa shape index (κ3) is 4.45. The summed E-state index contributed by atoms with van der Waals surface area (Å²) in [4.78, 5) is 25.2. The van der Waals surface area contributed by atoms with Gasteiger partial charge in [0.2, 0.25) is 5.91 Å². The summed E-state index contributed by atoms with van der Waals surface area (Å²) >= 11 is 1.44. The Kier molecular flexibility index (Phi) is 6.55. The number of hydrogen-bond acceptors (Lipinski definition) is 4. The maximum atomic E-state index is 12.2. The van der Waals surface area contributed by atoms with Crippen molar-refractivity contribution in [3.05, 3.63) is 52.4 Å². The normalized spacial score (nSPS) is 11.8. The Morgan fingerprint density at radius 2 is 1.92 bits per heavy atom. The summed E-state index contributed by atoms with van der Waals surface area (Å²) in [5, 5.41) is 3.43. The molecule has 0 aliphatic carbocycles. The predicted molar refractivity (Wildman–Crippen MR) is 97.8 cm³/mol. The highest BCUT2D eigenvalue weighted by Crippen LogP contribution is 2.36. The highest BCUT2D eigenvalue weighted by atomic mass is 32.1. The molecule has 0 saturated heterocycles. The van der Waals surface area contributed by atoms with E-state index in [0.717, 1.165) is 11.3 Å². The van der Waals surface area contributed by atoms with Crippen LogP contribution in [0.15, 0.2) is 36.4 Å². The third-order valence-electron chi connectivity index (χ3n) is 3.70. The van der Waals surface area contributed by atoms with Crippen LogP contribution in [0.4, 0.5) is 5.00 Å². The van der Waals surface area contributed by atoms with Gasteiger partial charge in [-0.2, -0.15) is 0 Å². The van der Waals surface area contributed by atoms with E-state index >= 15 is 0 Å². The molecule has 2 rings (SSSR count). The first-order valence-corrected chi connectivity index (χ1v) is 9.04. The minimum Gasteiger partial charge on any atom is -0.462 e. The van der Waals surface area contributed by atoms with Gasteiger partial charge >= 0.3 is 5.97 Å². The van der Waals surface area contributed by atoms with Crippen LogP contribution in [0.2, 0.25) is 0 Å². The number of thiophene rings is 1. The summed E-state index contributed by atoms with van der Waals surface area (Å²) < 4.78 is 5.13. The zero-order chi connectivity index (χ0) is 17.5. The van der Waals surface area contributed by atoms with Crippen LogP contribution in [0, 0.1) is 0 Å². The summed E-state index contributed by atoms with van der Waals surface area (Å²) in [5.74, 6) is -0.336. The van der Waals surface area contributed by atoms with Gasteiger partial charge in [-0.15, -0.1) is 11.3 Å². The fourth-order valence-corrected chi connectivity index (χ4v) is 3.54. The Morgan fingerprint density at radius 1 is 1.21 bits per heavy atom. The first-order valence-electron chi connectivity index (χ1n) is 8.22. The average molecular weight is 345 g/mol. The van der Waals surface area contributed by atoms with Crippen LogP contribution in [-0.2, 0) is 9.53 Å². The second-order valence-corrected chi connectivity index (χ2v) is 6.63. The molecule has 5 heteroatoms. The maximum absolute atomic E-state index is 12.2. The molecular formula is C19H23NO3S. The number of carbonyl (C=O) groups is 2. The van der Waals surface area contributed by atoms with E-state index in [1.54, 1.807) is 6.92 Å². The number of amides is 1. The van der Waals surface area contributed by atoms with Crippen molar-refractivity contribution in [3.63, 3.8) is 0 Å². The van der Waals surface area contributed by atoms with Crippen molar-refractivity contribution in [1.82, 2.24) is 0 Å². The fraction of sp³-hybridized carbons (Fsp3) is 0.368. The Bertz CT molecular complexity index is 694. The number of ether oxygens (including phenoxy) is 1. The molecule has 0 aliphatic heterocycles. The molecule has 1 aromatic heterocycles. The monoisotopic (exact) mass is 345 g/mol. The second kappa shape index (κ2) is 8.64. The molecule has 128 valence electrons. The van der Waals surface area contributed by atoms with Crippen molar-refractivity contribution in [3.8, 4) is 0 Å². The van der Waals surface area contributed by atoms with Crippen LogP contribution in [-0.4, -0.2) is 18.5 Å². The number of rotatable bonds is 7. The lowest BCUT2D eigenvalue weighted by atomic mass is 9.99. The van der Waals surface area contributed by atoms with Crippen molar-refractivity contribution in [2.45, 2.75) is 39.5 Å². The highest BCUT2D eigenvalue weighted by molar-refractivity contribution is 7.16. The van der Waals surface area contributed by atoms with Crippen molar-refractivity contribution < 1.29 is 14.3 Å². The molecular weight excluding hydrogens is 322 g/mol. The van der Waals surface area contributed by atoms with Gasteiger partial charge in [0.05, 0.1) is 12.2 Å². The first-order chi connectivity index (χ1) is 11.6. The summed E-state index contributed by atoms with van der Waals surface area (Å²) in [6.45, 7) is 6.12. The Balaban J connectivity index is 2.32. The van der Waals surface area contributed by atoms with E-state index in [9.17, 15) is 9.59 Å². The fourth-order valence-electron chi connectivity index (χ4n) is 2.40. The summed E-state index contributed by atoms with van der Waals surface area (Å²) in [7, 11) is 0. The van der Waals surface area contributed by atoms with Gasteiger partial charge in [0.1, 0.15) is 5.00 Å². The quantitative estimate of drug-likeness (QED) is 0.732. The molecule has 1 atom stereocenters. The maximum Gasteiger partial charge on any atom is 0.341 e. The molecule has 0 saturated carbocycles. The smallest absolute Gasteiger partial charge is 0.341 e. The standard InChI is InChI=1S/C19H23NO3S/c1-4-9-17(21)20-18-15(19(22)23-5-2)12-16(24-18)13(3)14-10-7-6-8-11-14/h6-8,10-13H,4-5,9H2,1-3H3,(H,20,21). The summed E-state index contributed by atoms with van der Waals surface area (Å²) in [5.41, 5.74) is 1.60. The van der Waals surface area contributed by atoms with E-state index in [2.05, 4.69) is 24.4 Å². The third-order valence-corrected chi connectivity index (χ3v) is 4.94. The molecule has 4 nitrogen and oxygen atoms in total. The SMILES string of the molecule is CCCC(=O)Nc1sc(C(C)c2ccccc2)cc1C(=O)OCC. The van der Waals surface area contributed by atoms with Gasteiger partial charge in [0.15, 0.2) is 0 Å². The molecule has 0 radical (unpaired) electrons. The van der Waals surface area contributed by atoms with E-state index in [1.807, 2.05) is 31.2 Å². The Hall–Kier alpha value is -2.14. The number of nitrogens with one attached hydrogen (secondary N) is 1. The van der Waals surface area contributed by atoms with Gasteiger partial charge < -0.3 is 10.1 Å². The van der Waals surface area contributed by atoms with Gasteiger partial charge in [-0.05, 0) is 25.0 Å². The van der Waals surface area contributed by atoms with Gasteiger partial charge in [-0.25, -0.2) is 4.79 Å². The molecule has 1 heterocycles. The molecule has 0 aliphatic rings. The first kappa shape index (κ1) is 18.2. The Labute approximate surface area is 146 Å². The Morgan fingerprint density at radius 3 is 2.54 bits per heavy atom. The molecule has 0 fully saturated rings. The lowest BCUT2D eigenvalue weighted by Crippen LogP contribution is -2.13. The molecule has 1 unspecified atom stereocenters. The molecule has 2 aromatic rings. The van der Waals surface area contributed by atoms with Crippen LogP contribution in [0.3, 0.4) is 0 Å². The number of esters is 1. The van der Waals surface area contributed by atoms with E-state index in [1.165, 1.54) is 16.9 Å². The molecule has 0 spiro atoms.